The average molecular weight is 544 g/mol. The SMILES string of the molecule is CC(C)(C)[C@H](c1nc(-c2cc(F)ccc2F)cn1Cc1ccccc1)N(C[C@@H](F)CN)C(=O)N1CCOCC1. The number of carbonyl (C=O) groups excluding carboxylic acids is 1. The number of nitrogens with zero attached hydrogens (tertiary/aromatic N) is 4. The van der Waals surface area contributed by atoms with Crippen LogP contribution in [-0.4, -0.2) is 70.9 Å². The molecule has 4 rings (SSSR count). The first-order valence-electron chi connectivity index (χ1n) is 13.1. The summed E-state index contributed by atoms with van der Waals surface area (Å²) >= 11 is 0. The Morgan fingerprint density at radius 3 is 2.46 bits per heavy atom. The Hall–Kier alpha value is -3.37. The number of rotatable bonds is 8. The Morgan fingerprint density at radius 2 is 1.82 bits per heavy atom. The van der Waals surface area contributed by atoms with Crippen LogP contribution < -0.4 is 5.73 Å². The first kappa shape index (κ1) is 28.6. The van der Waals surface area contributed by atoms with Crippen LogP contribution in [0.4, 0.5) is 18.0 Å². The molecule has 1 aliphatic heterocycles. The molecule has 1 aromatic heterocycles. The predicted molar refractivity (Wildman–Crippen MR) is 144 cm³/mol. The zero-order valence-electron chi connectivity index (χ0n) is 22.6. The molecule has 210 valence electrons. The summed E-state index contributed by atoms with van der Waals surface area (Å²) in [5, 5.41) is 0. The van der Waals surface area contributed by atoms with Gasteiger partial charge in [-0.05, 0) is 29.2 Å². The minimum Gasteiger partial charge on any atom is -0.378 e. The van der Waals surface area contributed by atoms with Gasteiger partial charge in [-0.25, -0.2) is 22.9 Å². The molecule has 1 saturated heterocycles. The van der Waals surface area contributed by atoms with E-state index in [4.69, 9.17) is 15.5 Å². The van der Waals surface area contributed by atoms with Gasteiger partial charge in [0, 0.05) is 37.9 Å². The fourth-order valence-electron chi connectivity index (χ4n) is 4.89. The van der Waals surface area contributed by atoms with Gasteiger partial charge in [-0.15, -0.1) is 0 Å². The third-order valence-electron chi connectivity index (χ3n) is 6.76. The van der Waals surface area contributed by atoms with Gasteiger partial charge in [0.25, 0.3) is 0 Å². The lowest BCUT2D eigenvalue weighted by molar-refractivity contribution is 0.0233. The number of imidazole rings is 1. The van der Waals surface area contributed by atoms with Gasteiger partial charge >= 0.3 is 6.03 Å². The van der Waals surface area contributed by atoms with Crippen molar-refractivity contribution in [3.8, 4) is 11.3 Å². The Kier molecular flexibility index (Phi) is 8.97. The maximum atomic E-state index is 14.9. The van der Waals surface area contributed by atoms with E-state index < -0.39 is 29.3 Å². The normalized spacial score (nSPS) is 15.7. The van der Waals surface area contributed by atoms with Crippen molar-refractivity contribution >= 4 is 6.03 Å². The fraction of sp³-hybridized carbons (Fsp3) is 0.448. The number of aromatic nitrogens is 2. The summed E-state index contributed by atoms with van der Waals surface area (Å²) in [4.78, 5) is 21.8. The molecule has 2 heterocycles. The van der Waals surface area contributed by atoms with E-state index in [-0.39, 0.29) is 30.4 Å². The molecular formula is C29H36F3N5O2. The van der Waals surface area contributed by atoms with Gasteiger partial charge in [-0.1, -0.05) is 51.1 Å². The summed E-state index contributed by atoms with van der Waals surface area (Å²) in [5.74, 6) is -0.770. The first-order valence-corrected chi connectivity index (χ1v) is 13.1. The van der Waals surface area contributed by atoms with Gasteiger partial charge in [0.2, 0.25) is 0 Å². The fourth-order valence-corrected chi connectivity index (χ4v) is 4.89. The second-order valence-corrected chi connectivity index (χ2v) is 10.9. The summed E-state index contributed by atoms with van der Waals surface area (Å²) < 4.78 is 51.1. The Balaban J connectivity index is 1.87. The van der Waals surface area contributed by atoms with E-state index in [1.54, 1.807) is 11.1 Å². The number of morpholine rings is 1. The lowest BCUT2D eigenvalue weighted by Gasteiger charge is -2.43. The Labute approximate surface area is 227 Å². The molecule has 2 amide bonds. The molecule has 0 spiro atoms. The summed E-state index contributed by atoms with van der Waals surface area (Å²) in [6, 6.07) is 11.8. The molecule has 0 unspecified atom stereocenters. The van der Waals surface area contributed by atoms with Crippen LogP contribution in [0.2, 0.25) is 0 Å². The summed E-state index contributed by atoms with van der Waals surface area (Å²) in [5.41, 5.74) is 6.21. The van der Waals surface area contributed by atoms with E-state index in [2.05, 4.69) is 0 Å². The van der Waals surface area contributed by atoms with Gasteiger partial charge in [-0.2, -0.15) is 0 Å². The second-order valence-electron chi connectivity index (χ2n) is 10.9. The van der Waals surface area contributed by atoms with E-state index in [0.717, 1.165) is 23.8 Å². The van der Waals surface area contributed by atoms with Gasteiger partial charge in [0.1, 0.15) is 23.6 Å². The van der Waals surface area contributed by atoms with Crippen molar-refractivity contribution in [1.29, 1.82) is 0 Å². The van der Waals surface area contributed by atoms with Gasteiger partial charge < -0.3 is 24.8 Å². The van der Waals surface area contributed by atoms with E-state index >= 15 is 0 Å². The molecule has 0 bridgehead atoms. The molecule has 0 aliphatic carbocycles. The number of urea groups is 1. The lowest BCUT2D eigenvalue weighted by atomic mass is 9.84. The third-order valence-corrected chi connectivity index (χ3v) is 6.76. The van der Waals surface area contributed by atoms with E-state index in [1.165, 1.54) is 4.90 Å². The zero-order chi connectivity index (χ0) is 28.2. The van der Waals surface area contributed by atoms with Crippen LogP contribution in [0.3, 0.4) is 0 Å². The van der Waals surface area contributed by atoms with Crippen molar-refractivity contribution in [3.63, 3.8) is 0 Å². The van der Waals surface area contributed by atoms with E-state index in [9.17, 15) is 18.0 Å². The molecule has 3 aromatic rings. The van der Waals surface area contributed by atoms with Crippen LogP contribution in [0.15, 0.2) is 54.7 Å². The number of carbonyl (C=O) groups is 1. The number of ether oxygens (including phenoxy) is 1. The maximum absolute atomic E-state index is 14.9. The van der Waals surface area contributed by atoms with Crippen LogP contribution in [0.5, 0.6) is 0 Å². The molecule has 0 radical (unpaired) electrons. The molecular weight excluding hydrogens is 507 g/mol. The number of halogens is 3. The smallest absolute Gasteiger partial charge is 0.320 e. The number of hydrogen-bond donors (Lipinski definition) is 1. The number of alkyl halides is 1. The molecule has 1 aliphatic rings. The zero-order valence-corrected chi connectivity index (χ0v) is 22.6. The van der Waals surface area contributed by atoms with Gasteiger partial charge in [0.15, 0.2) is 0 Å². The minimum absolute atomic E-state index is 0.00658. The Morgan fingerprint density at radius 1 is 1.13 bits per heavy atom. The molecule has 2 N–H and O–H groups in total. The summed E-state index contributed by atoms with van der Waals surface area (Å²) in [6.07, 6.45) is 0.198. The molecule has 1 fully saturated rings. The highest BCUT2D eigenvalue weighted by Gasteiger charge is 2.41. The third kappa shape index (κ3) is 6.80. The van der Waals surface area contributed by atoms with Gasteiger partial charge in [0.05, 0.1) is 31.5 Å². The quantitative estimate of drug-likeness (QED) is 0.433. The largest absolute Gasteiger partial charge is 0.378 e. The van der Waals surface area contributed by atoms with Crippen LogP contribution in [-0.2, 0) is 11.3 Å². The van der Waals surface area contributed by atoms with Crippen molar-refractivity contribution in [3.05, 3.63) is 77.8 Å². The van der Waals surface area contributed by atoms with E-state index in [0.29, 0.717) is 38.7 Å². The number of benzene rings is 2. The number of nitrogens with two attached hydrogens (primary N) is 1. The number of hydrogen-bond acceptors (Lipinski definition) is 4. The molecule has 2 aromatic carbocycles. The molecule has 10 heteroatoms. The average Bonchev–Trinajstić information content (AvgIpc) is 3.31. The second kappa shape index (κ2) is 12.2. The highest BCUT2D eigenvalue weighted by molar-refractivity contribution is 5.75. The minimum atomic E-state index is -1.46. The highest BCUT2D eigenvalue weighted by Crippen LogP contribution is 2.40. The molecule has 0 saturated carbocycles. The lowest BCUT2D eigenvalue weighted by Crippen LogP contribution is -2.53. The summed E-state index contributed by atoms with van der Waals surface area (Å²) in [7, 11) is 0. The Bertz CT molecular complexity index is 1260. The van der Waals surface area contributed by atoms with Gasteiger partial charge in [-0.3, -0.25) is 0 Å². The highest BCUT2D eigenvalue weighted by atomic mass is 19.1. The van der Waals surface area contributed by atoms with Crippen molar-refractivity contribution in [2.45, 2.75) is 39.5 Å². The van der Waals surface area contributed by atoms with Crippen molar-refractivity contribution in [1.82, 2.24) is 19.4 Å². The monoisotopic (exact) mass is 543 g/mol. The van der Waals surface area contributed by atoms with Crippen molar-refractivity contribution < 1.29 is 22.7 Å². The molecule has 7 nitrogen and oxygen atoms in total. The van der Waals surface area contributed by atoms with Crippen LogP contribution in [0.25, 0.3) is 11.3 Å². The van der Waals surface area contributed by atoms with Crippen molar-refractivity contribution in [2.24, 2.45) is 11.1 Å². The first-order chi connectivity index (χ1) is 18.6. The van der Waals surface area contributed by atoms with Crippen LogP contribution in [0.1, 0.15) is 38.2 Å². The predicted octanol–water partition coefficient (Wildman–Crippen LogP) is 5.01. The number of amides is 2. The summed E-state index contributed by atoms with van der Waals surface area (Å²) in [6.45, 7) is 7.24. The molecule has 2 atom stereocenters. The van der Waals surface area contributed by atoms with Crippen molar-refractivity contribution in [2.75, 3.05) is 39.4 Å². The van der Waals surface area contributed by atoms with Crippen LogP contribution in [0, 0.1) is 17.0 Å². The topological polar surface area (TPSA) is 76.6 Å². The van der Waals surface area contributed by atoms with Crippen LogP contribution >= 0.6 is 0 Å². The molecule has 39 heavy (non-hydrogen) atoms. The standard InChI is InChI=1S/C29H36F3N5O2/c1-29(2,3)26(37(18-22(31)16-33)28(38)35-11-13-39-14-12-35)27-34-25(23-15-21(30)9-10-24(23)32)19-36(27)17-20-7-5-4-6-8-20/h4-10,15,19,22,26H,11-14,16-18,33H2,1-3H3/t22-,26-/m0/s1. The van der Waals surface area contributed by atoms with E-state index in [1.807, 2.05) is 55.7 Å². The maximum Gasteiger partial charge on any atom is 0.320 e.